The molecule has 7 nitrogen and oxygen atoms in total. The first-order valence-corrected chi connectivity index (χ1v) is 7.46. The summed E-state index contributed by atoms with van der Waals surface area (Å²) in [6, 6.07) is 0. The first-order chi connectivity index (χ1) is 10.3. The topological polar surface area (TPSA) is 64.3 Å². The van der Waals surface area contributed by atoms with Crippen LogP contribution in [0.15, 0.2) is 16.9 Å². The van der Waals surface area contributed by atoms with Gasteiger partial charge in [-0.05, 0) is 0 Å². The van der Waals surface area contributed by atoms with Crippen molar-refractivity contribution < 1.29 is 9.47 Å². The minimum atomic E-state index is -0.380. The van der Waals surface area contributed by atoms with Gasteiger partial charge in [0.15, 0.2) is 12.5 Å². The van der Waals surface area contributed by atoms with Crippen molar-refractivity contribution in [2.75, 3.05) is 52.6 Å². The van der Waals surface area contributed by atoms with Gasteiger partial charge in [-0.25, -0.2) is 9.89 Å². The molecule has 3 aliphatic heterocycles. The molecule has 3 heterocycles. The highest BCUT2D eigenvalue weighted by Crippen LogP contribution is 2.24. The van der Waals surface area contributed by atoms with Gasteiger partial charge in [0, 0.05) is 32.3 Å². The number of hydrogen-bond acceptors (Lipinski definition) is 7. The lowest BCUT2D eigenvalue weighted by Gasteiger charge is -2.42. The molecule has 2 fully saturated rings. The lowest BCUT2D eigenvalue weighted by Crippen LogP contribution is -2.54. The van der Waals surface area contributed by atoms with E-state index in [0.29, 0.717) is 31.6 Å². The van der Waals surface area contributed by atoms with Crippen LogP contribution in [0.4, 0.5) is 0 Å². The molecule has 3 aliphatic rings. The molecule has 1 unspecified atom stereocenters. The van der Waals surface area contributed by atoms with Crippen LogP contribution >= 0.6 is 11.6 Å². The largest absolute Gasteiger partial charge is 0.379 e. The fraction of sp³-hybridized carbons (Fsp3) is 0.692. The van der Waals surface area contributed by atoms with Crippen molar-refractivity contribution in [3.8, 4) is 6.19 Å². The van der Waals surface area contributed by atoms with Gasteiger partial charge in [-0.1, -0.05) is 11.6 Å². The maximum Gasteiger partial charge on any atom is 0.194 e. The van der Waals surface area contributed by atoms with Crippen molar-refractivity contribution in [2.45, 2.75) is 6.29 Å². The van der Waals surface area contributed by atoms with Gasteiger partial charge in [0.05, 0.1) is 26.4 Å². The summed E-state index contributed by atoms with van der Waals surface area (Å²) in [6.07, 6.45) is 3.63. The molecule has 0 saturated carbocycles. The van der Waals surface area contributed by atoms with Crippen LogP contribution in [-0.2, 0) is 9.47 Å². The van der Waals surface area contributed by atoms with Gasteiger partial charge in [0.2, 0.25) is 0 Å². The normalized spacial score (nSPS) is 27.9. The van der Waals surface area contributed by atoms with Crippen molar-refractivity contribution in [3.63, 3.8) is 0 Å². The molecule has 0 radical (unpaired) electrons. The Labute approximate surface area is 129 Å². The molecular weight excluding hydrogens is 294 g/mol. The van der Waals surface area contributed by atoms with Crippen LogP contribution in [0.3, 0.4) is 0 Å². The first kappa shape index (κ1) is 14.6. The van der Waals surface area contributed by atoms with Crippen LogP contribution in [0.2, 0.25) is 0 Å². The zero-order valence-electron chi connectivity index (χ0n) is 11.7. The summed E-state index contributed by atoms with van der Waals surface area (Å²) in [7, 11) is 0. The summed E-state index contributed by atoms with van der Waals surface area (Å²) in [6.45, 7) is 5.62. The Morgan fingerprint density at radius 1 is 1.14 bits per heavy atom. The van der Waals surface area contributed by atoms with Gasteiger partial charge in [-0.15, -0.1) is 0 Å². The van der Waals surface area contributed by atoms with E-state index in [-0.39, 0.29) is 6.29 Å². The van der Waals surface area contributed by atoms with Crippen molar-refractivity contribution in [1.29, 1.82) is 5.26 Å². The molecule has 0 spiro atoms. The van der Waals surface area contributed by atoms with E-state index in [2.05, 4.69) is 21.0 Å². The van der Waals surface area contributed by atoms with E-state index in [0.717, 1.165) is 32.0 Å². The Morgan fingerprint density at radius 3 is 2.38 bits per heavy atom. The number of aliphatic imine (C=N–C) groups is 1. The average Bonchev–Trinajstić information content (AvgIpc) is 2.55. The predicted octanol–water partition coefficient (Wildman–Crippen LogP) is 0.210. The number of hydrogen-bond donors (Lipinski definition) is 0. The Balaban J connectivity index is 1.82. The molecule has 0 amide bonds. The van der Waals surface area contributed by atoms with Gasteiger partial charge < -0.3 is 14.4 Å². The highest BCUT2D eigenvalue weighted by molar-refractivity contribution is 6.68. The average molecular weight is 312 g/mol. The molecule has 21 heavy (non-hydrogen) atoms. The van der Waals surface area contributed by atoms with Gasteiger partial charge in [-0.2, -0.15) is 5.26 Å². The van der Waals surface area contributed by atoms with E-state index in [1.54, 1.807) is 11.0 Å². The number of nitrogens with zero attached hydrogens (tertiary/aromatic N) is 5. The SMILES string of the molecule is N#CN1C(N2CCOCC2)=CC(Cl)=NC1N1CCOCC1. The molecule has 0 aromatic carbocycles. The molecule has 1 atom stereocenters. The summed E-state index contributed by atoms with van der Waals surface area (Å²) < 4.78 is 10.7. The van der Waals surface area contributed by atoms with Crippen molar-refractivity contribution in [1.82, 2.24) is 14.7 Å². The fourth-order valence-electron chi connectivity index (χ4n) is 2.69. The molecule has 8 heteroatoms. The molecule has 0 aromatic heterocycles. The smallest absolute Gasteiger partial charge is 0.194 e. The maximum atomic E-state index is 9.59. The van der Waals surface area contributed by atoms with E-state index < -0.39 is 0 Å². The molecule has 0 bridgehead atoms. The van der Waals surface area contributed by atoms with E-state index in [1.807, 2.05) is 0 Å². The van der Waals surface area contributed by atoms with E-state index in [9.17, 15) is 5.26 Å². The maximum absolute atomic E-state index is 9.59. The van der Waals surface area contributed by atoms with E-state index in [4.69, 9.17) is 21.1 Å². The van der Waals surface area contributed by atoms with E-state index >= 15 is 0 Å². The Bertz CT molecular complexity index is 477. The van der Waals surface area contributed by atoms with Crippen LogP contribution in [0.1, 0.15) is 0 Å². The molecule has 114 valence electrons. The predicted molar refractivity (Wildman–Crippen MR) is 77.4 cm³/mol. The van der Waals surface area contributed by atoms with E-state index in [1.165, 1.54) is 0 Å². The van der Waals surface area contributed by atoms with Gasteiger partial charge in [-0.3, -0.25) is 4.90 Å². The highest BCUT2D eigenvalue weighted by Gasteiger charge is 2.33. The minimum absolute atomic E-state index is 0.380. The minimum Gasteiger partial charge on any atom is -0.379 e. The lowest BCUT2D eigenvalue weighted by atomic mass is 10.3. The number of nitriles is 1. The Morgan fingerprint density at radius 2 is 1.76 bits per heavy atom. The quantitative estimate of drug-likeness (QED) is 0.679. The Hall–Kier alpha value is -1.33. The summed E-state index contributed by atoms with van der Waals surface area (Å²) >= 11 is 6.19. The molecule has 3 rings (SSSR count). The second-order valence-corrected chi connectivity index (χ2v) is 5.41. The summed E-state index contributed by atoms with van der Waals surface area (Å²) in [5, 5.41) is 10.0. The third kappa shape index (κ3) is 3.14. The molecule has 0 N–H and O–H groups in total. The standard InChI is InChI=1S/C13H18ClN5O2/c14-11-9-12(17-1-5-20-6-2-17)19(10-15)13(16-11)18-3-7-21-8-4-18/h9,13H,1-8H2. The monoisotopic (exact) mass is 311 g/mol. The third-order valence-electron chi connectivity index (χ3n) is 3.78. The number of allylic oxidation sites excluding steroid dienone is 1. The van der Waals surface area contributed by atoms with Crippen LogP contribution in [-0.4, -0.2) is 78.8 Å². The molecule has 0 aliphatic carbocycles. The van der Waals surface area contributed by atoms with Crippen molar-refractivity contribution in [2.24, 2.45) is 4.99 Å². The second-order valence-electron chi connectivity index (χ2n) is 5.02. The molecular formula is C13H18ClN5O2. The third-order valence-corrected chi connectivity index (χ3v) is 3.99. The molecule has 2 saturated heterocycles. The number of halogens is 1. The van der Waals surface area contributed by atoms with Gasteiger partial charge >= 0.3 is 0 Å². The fourth-order valence-corrected chi connectivity index (χ4v) is 2.88. The second kappa shape index (κ2) is 6.62. The zero-order chi connectivity index (χ0) is 14.7. The van der Waals surface area contributed by atoms with Crippen molar-refractivity contribution in [3.05, 3.63) is 11.9 Å². The Kier molecular flexibility index (Phi) is 4.60. The van der Waals surface area contributed by atoms with Crippen LogP contribution in [0.25, 0.3) is 0 Å². The summed E-state index contributed by atoms with van der Waals surface area (Å²) in [5.41, 5.74) is 0. The van der Waals surface area contributed by atoms with Crippen LogP contribution < -0.4 is 0 Å². The number of ether oxygens (including phenoxy) is 2. The zero-order valence-corrected chi connectivity index (χ0v) is 12.5. The number of rotatable bonds is 2. The molecule has 0 aromatic rings. The van der Waals surface area contributed by atoms with Crippen molar-refractivity contribution >= 4 is 16.8 Å². The van der Waals surface area contributed by atoms with Gasteiger partial charge in [0.1, 0.15) is 11.0 Å². The number of morpholine rings is 2. The summed E-state index contributed by atoms with van der Waals surface area (Å²) in [4.78, 5) is 10.3. The summed E-state index contributed by atoms with van der Waals surface area (Å²) in [5.74, 6) is 0.803. The first-order valence-electron chi connectivity index (χ1n) is 7.08. The lowest BCUT2D eigenvalue weighted by molar-refractivity contribution is -0.0217. The van der Waals surface area contributed by atoms with Crippen LogP contribution in [0.5, 0.6) is 0 Å². The van der Waals surface area contributed by atoms with Gasteiger partial charge in [0.25, 0.3) is 0 Å². The highest BCUT2D eigenvalue weighted by atomic mass is 35.5. The van der Waals surface area contributed by atoms with Crippen LogP contribution in [0, 0.1) is 11.5 Å².